The van der Waals surface area contributed by atoms with Gasteiger partial charge in [0.1, 0.15) is 5.82 Å². The number of aromatic amines is 1. The van der Waals surface area contributed by atoms with Gasteiger partial charge in [-0.15, -0.1) is 0 Å². The largest absolute Gasteiger partial charge is 0.310 e. The van der Waals surface area contributed by atoms with E-state index in [2.05, 4.69) is 59.6 Å². The zero-order valence-corrected chi connectivity index (χ0v) is 17.3. The summed E-state index contributed by atoms with van der Waals surface area (Å²) < 4.78 is 0.886. The standard InChI is InChI=1S/C23H16BrN5O/c24-15-9-17-21(26-12-15)27-22(30)23(17)10-18(23)14-4-5-16-19(28-29-20(16)8-14)6-3-13-2-1-7-25-11-13/h1-9,11-12,18H,10H2,(H,28,29)(H,26,27,30)/t18?,23-/m0/s1. The van der Waals surface area contributed by atoms with Gasteiger partial charge in [0, 0.05) is 39.9 Å². The Balaban J connectivity index is 1.33. The number of H-pyrrole nitrogens is 1. The molecule has 0 bridgehead atoms. The van der Waals surface area contributed by atoms with Crippen molar-refractivity contribution in [1.82, 2.24) is 20.2 Å². The highest BCUT2D eigenvalue weighted by Gasteiger charge is 2.65. The summed E-state index contributed by atoms with van der Waals surface area (Å²) in [4.78, 5) is 21.3. The molecule has 146 valence electrons. The first-order valence-electron chi connectivity index (χ1n) is 9.69. The number of amides is 1. The predicted octanol–water partition coefficient (Wildman–Crippen LogP) is 4.66. The van der Waals surface area contributed by atoms with E-state index in [4.69, 9.17) is 0 Å². The number of carbonyl (C=O) groups is 1. The highest BCUT2D eigenvalue weighted by molar-refractivity contribution is 9.10. The third-order valence-electron chi connectivity index (χ3n) is 6.07. The van der Waals surface area contributed by atoms with E-state index >= 15 is 0 Å². The molecule has 30 heavy (non-hydrogen) atoms. The quantitative estimate of drug-likeness (QED) is 0.468. The SMILES string of the molecule is O=C1Nc2ncc(Br)cc2[C@]12CC2c1ccc2c(C=Cc3cccnc3)n[nH]c2c1. The van der Waals surface area contributed by atoms with Crippen LogP contribution in [0.2, 0.25) is 0 Å². The highest BCUT2D eigenvalue weighted by atomic mass is 79.9. The summed E-state index contributed by atoms with van der Waals surface area (Å²) >= 11 is 3.48. The molecule has 3 aromatic heterocycles. The smallest absolute Gasteiger partial charge is 0.236 e. The van der Waals surface area contributed by atoms with Crippen molar-refractivity contribution in [3.8, 4) is 0 Å². The second kappa shape index (κ2) is 6.34. The summed E-state index contributed by atoms with van der Waals surface area (Å²) in [5, 5.41) is 11.6. The topological polar surface area (TPSA) is 83.6 Å². The fraction of sp³-hybridized carbons (Fsp3) is 0.130. The van der Waals surface area contributed by atoms with E-state index in [1.807, 2.05) is 36.5 Å². The summed E-state index contributed by atoms with van der Waals surface area (Å²) in [7, 11) is 0. The van der Waals surface area contributed by atoms with Crippen LogP contribution in [0.5, 0.6) is 0 Å². The summed E-state index contributed by atoms with van der Waals surface area (Å²) in [5.41, 5.74) is 4.47. The lowest BCUT2D eigenvalue weighted by Crippen LogP contribution is -2.21. The molecule has 0 saturated heterocycles. The zero-order chi connectivity index (χ0) is 20.3. The Hall–Kier alpha value is -3.32. The Morgan fingerprint density at radius 1 is 1.17 bits per heavy atom. The van der Waals surface area contributed by atoms with Gasteiger partial charge in [0.2, 0.25) is 5.91 Å². The van der Waals surface area contributed by atoms with Crippen molar-refractivity contribution in [1.29, 1.82) is 0 Å². The van der Waals surface area contributed by atoms with Crippen LogP contribution in [-0.2, 0) is 10.2 Å². The maximum Gasteiger partial charge on any atom is 0.236 e. The highest BCUT2D eigenvalue weighted by Crippen LogP contribution is 2.64. The Morgan fingerprint density at radius 2 is 2.10 bits per heavy atom. The molecular formula is C23H16BrN5O. The first-order chi connectivity index (χ1) is 14.6. The number of hydrogen-bond donors (Lipinski definition) is 2. The molecule has 2 N–H and O–H groups in total. The summed E-state index contributed by atoms with van der Waals surface area (Å²) in [6, 6.07) is 12.2. The van der Waals surface area contributed by atoms with Gasteiger partial charge in [0.25, 0.3) is 0 Å². The molecule has 1 aliphatic carbocycles. The van der Waals surface area contributed by atoms with Crippen LogP contribution in [0.1, 0.15) is 34.7 Å². The third-order valence-corrected chi connectivity index (χ3v) is 6.50. The van der Waals surface area contributed by atoms with Crippen LogP contribution in [0.25, 0.3) is 23.1 Å². The van der Waals surface area contributed by atoms with Crippen molar-refractivity contribution in [3.63, 3.8) is 0 Å². The Morgan fingerprint density at radius 3 is 2.97 bits per heavy atom. The van der Waals surface area contributed by atoms with Gasteiger partial charge in [0.05, 0.1) is 16.6 Å². The molecule has 7 heteroatoms. The number of nitrogens with one attached hydrogen (secondary N) is 2. The normalized spacial score (nSPS) is 22.0. The second-order valence-electron chi connectivity index (χ2n) is 7.77. The number of aromatic nitrogens is 4. The van der Waals surface area contributed by atoms with E-state index in [-0.39, 0.29) is 11.8 Å². The van der Waals surface area contributed by atoms with Crippen LogP contribution in [0.3, 0.4) is 0 Å². The number of rotatable bonds is 3. The molecule has 2 atom stereocenters. The lowest BCUT2D eigenvalue weighted by atomic mass is 9.93. The molecule has 4 aromatic rings. The average molecular weight is 458 g/mol. The Kier molecular flexibility index (Phi) is 3.70. The van der Waals surface area contributed by atoms with Gasteiger partial charge in [-0.05, 0) is 57.8 Å². The summed E-state index contributed by atoms with van der Waals surface area (Å²) in [5.74, 6) is 0.853. The average Bonchev–Trinajstić information content (AvgIpc) is 3.31. The monoisotopic (exact) mass is 457 g/mol. The minimum Gasteiger partial charge on any atom is -0.310 e. The van der Waals surface area contributed by atoms with Gasteiger partial charge < -0.3 is 5.32 Å². The molecule has 1 aromatic carbocycles. The first kappa shape index (κ1) is 17.5. The number of carbonyl (C=O) groups excluding carboxylic acids is 1. The van der Waals surface area contributed by atoms with Crippen LogP contribution in [0.4, 0.5) is 5.82 Å². The maximum atomic E-state index is 12.8. The van der Waals surface area contributed by atoms with Crippen LogP contribution in [-0.4, -0.2) is 26.1 Å². The Labute approximate surface area is 180 Å². The van der Waals surface area contributed by atoms with Gasteiger partial charge in [-0.25, -0.2) is 4.98 Å². The maximum absolute atomic E-state index is 12.8. The van der Waals surface area contributed by atoms with Crippen molar-refractivity contribution in [2.45, 2.75) is 17.8 Å². The minimum atomic E-state index is -0.511. The molecule has 4 heterocycles. The lowest BCUT2D eigenvalue weighted by Gasteiger charge is -2.09. The van der Waals surface area contributed by atoms with Gasteiger partial charge in [-0.1, -0.05) is 24.3 Å². The van der Waals surface area contributed by atoms with Gasteiger partial charge in [0.15, 0.2) is 0 Å². The number of halogens is 1. The van der Waals surface area contributed by atoms with Crippen LogP contribution < -0.4 is 5.32 Å². The molecule has 1 aliphatic heterocycles. The summed E-state index contributed by atoms with van der Waals surface area (Å²) in [6.07, 6.45) is 10.1. The molecule has 1 amide bonds. The molecule has 1 spiro atoms. The number of anilines is 1. The third kappa shape index (κ3) is 2.55. The van der Waals surface area contributed by atoms with E-state index in [1.165, 1.54) is 0 Å². The van der Waals surface area contributed by atoms with Gasteiger partial charge >= 0.3 is 0 Å². The van der Waals surface area contributed by atoms with Crippen LogP contribution in [0.15, 0.2) is 59.5 Å². The fourth-order valence-corrected chi connectivity index (χ4v) is 4.82. The fourth-order valence-electron chi connectivity index (χ4n) is 4.49. The van der Waals surface area contributed by atoms with Crippen molar-refractivity contribution in [2.24, 2.45) is 0 Å². The molecule has 0 radical (unpaired) electrons. The van der Waals surface area contributed by atoms with Gasteiger partial charge in [-0.3, -0.25) is 14.9 Å². The molecule has 6 rings (SSSR count). The zero-order valence-electron chi connectivity index (χ0n) is 15.8. The Bertz CT molecular complexity index is 1350. The van der Waals surface area contributed by atoms with Crippen molar-refractivity contribution >= 4 is 50.7 Å². The molecule has 2 aliphatic rings. The van der Waals surface area contributed by atoms with Crippen LogP contribution in [0, 0.1) is 0 Å². The van der Waals surface area contributed by atoms with Crippen molar-refractivity contribution in [2.75, 3.05) is 5.32 Å². The van der Waals surface area contributed by atoms with E-state index < -0.39 is 5.41 Å². The second-order valence-corrected chi connectivity index (χ2v) is 8.68. The summed E-state index contributed by atoms with van der Waals surface area (Å²) in [6.45, 7) is 0. The number of fused-ring (bicyclic) bond motifs is 3. The van der Waals surface area contributed by atoms with Crippen molar-refractivity contribution in [3.05, 3.63) is 81.8 Å². The molecular weight excluding hydrogens is 442 g/mol. The molecule has 6 nitrogen and oxygen atoms in total. The predicted molar refractivity (Wildman–Crippen MR) is 119 cm³/mol. The molecule has 1 saturated carbocycles. The minimum absolute atomic E-state index is 0.0397. The molecule has 1 unspecified atom stereocenters. The van der Waals surface area contributed by atoms with E-state index in [9.17, 15) is 4.79 Å². The number of pyridine rings is 2. The van der Waals surface area contributed by atoms with Gasteiger partial charge in [-0.2, -0.15) is 5.10 Å². The molecule has 1 fully saturated rings. The lowest BCUT2D eigenvalue weighted by molar-refractivity contribution is -0.118. The van der Waals surface area contributed by atoms with Crippen LogP contribution >= 0.6 is 15.9 Å². The number of benzene rings is 1. The number of nitrogens with zero attached hydrogens (tertiary/aromatic N) is 3. The van der Waals surface area contributed by atoms with E-state index in [0.717, 1.165) is 44.2 Å². The number of hydrogen-bond acceptors (Lipinski definition) is 4. The van der Waals surface area contributed by atoms with E-state index in [1.54, 1.807) is 12.4 Å². The van der Waals surface area contributed by atoms with E-state index in [0.29, 0.717) is 5.82 Å². The van der Waals surface area contributed by atoms with Crippen molar-refractivity contribution < 1.29 is 4.79 Å². The first-order valence-corrected chi connectivity index (χ1v) is 10.5.